The molecular weight excluding hydrogens is 430 g/mol. The fourth-order valence-electron chi connectivity index (χ4n) is 3.84. The lowest BCUT2D eigenvalue weighted by Gasteiger charge is -2.27. The molecule has 2 aliphatic rings. The van der Waals surface area contributed by atoms with Crippen molar-refractivity contribution in [3.8, 4) is 0 Å². The van der Waals surface area contributed by atoms with Gasteiger partial charge < -0.3 is 5.32 Å². The summed E-state index contributed by atoms with van der Waals surface area (Å²) in [4.78, 5) is 13.3. The summed E-state index contributed by atoms with van der Waals surface area (Å²) in [5, 5.41) is 2.85. The van der Waals surface area contributed by atoms with Crippen LogP contribution in [0.1, 0.15) is 47.6 Å². The van der Waals surface area contributed by atoms with Crippen LogP contribution in [0, 0.1) is 11.6 Å². The Kier molecular flexibility index (Phi) is 6.13. The van der Waals surface area contributed by atoms with Gasteiger partial charge in [-0.05, 0) is 61.2 Å². The molecule has 0 saturated carbocycles. The average molecular weight is 453 g/mol. The minimum absolute atomic E-state index is 0.0585. The molecule has 2 aromatic carbocycles. The highest BCUT2D eigenvalue weighted by molar-refractivity contribution is 7.99. The van der Waals surface area contributed by atoms with Crippen LogP contribution in [0.5, 0.6) is 0 Å². The van der Waals surface area contributed by atoms with Crippen LogP contribution in [0.3, 0.4) is 0 Å². The largest absolute Gasteiger partial charge is 0.345 e. The summed E-state index contributed by atoms with van der Waals surface area (Å²) >= 11 is 1.60. The van der Waals surface area contributed by atoms with Gasteiger partial charge in [-0.1, -0.05) is 6.42 Å². The van der Waals surface area contributed by atoms with Gasteiger partial charge in [0, 0.05) is 29.3 Å². The van der Waals surface area contributed by atoms with Crippen molar-refractivity contribution < 1.29 is 22.0 Å². The first kappa shape index (κ1) is 21.3. The molecule has 30 heavy (non-hydrogen) atoms. The predicted molar refractivity (Wildman–Crippen MR) is 111 cm³/mol. The molecule has 9 heteroatoms. The zero-order chi connectivity index (χ0) is 21.3. The van der Waals surface area contributed by atoms with Gasteiger partial charge in [-0.15, -0.1) is 11.8 Å². The van der Waals surface area contributed by atoms with Gasteiger partial charge in [0.05, 0.1) is 6.04 Å². The van der Waals surface area contributed by atoms with Gasteiger partial charge in [-0.3, -0.25) is 4.79 Å². The molecule has 0 aliphatic carbocycles. The SMILES string of the molecule is O=C(N[C@@H]1CCSc2ccc(F)cc21)c1ccc(F)c(S(=O)(=O)N2CCCCC2)c1. The Balaban J connectivity index is 1.59. The molecule has 0 radical (unpaired) electrons. The standard InChI is InChI=1S/C21H22F2N2O3S2/c22-15-5-7-19-16(13-15)18(8-11-29-19)24-21(26)14-4-6-17(23)20(12-14)30(27,28)25-9-2-1-3-10-25/h4-7,12-13,18H,1-3,8-11H2,(H,24,26)/t18-/m1/s1. The number of thioether (sulfide) groups is 1. The van der Waals surface area contributed by atoms with E-state index in [2.05, 4.69) is 5.32 Å². The lowest BCUT2D eigenvalue weighted by Crippen LogP contribution is -2.36. The molecule has 1 N–H and O–H groups in total. The maximum atomic E-state index is 14.4. The maximum absolute atomic E-state index is 14.4. The van der Waals surface area contributed by atoms with Crippen LogP contribution >= 0.6 is 11.8 Å². The van der Waals surface area contributed by atoms with Crippen LogP contribution in [-0.4, -0.2) is 37.5 Å². The summed E-state index contributed by atoms with van der Waals surface area (Å²) in [6.07, 6.45) is 3.03. The van der Waals surface area contributed by atoms with Crippen molar-refractivity contribution in [1.29, 1.82) is 0 Å². The summed E-state index contributed by atoms with van der Waals surface area (Å²) in [6.45, 7) is 0.695. The maximum Gasteiger partial charge on any atom is 0.251 e. The first-order valence-corrected chi connectivity index (χ1v) is 12.3. The summed E-state index contributed by atoms with van der Waals surface area (Å²) < 4.78 is 55.1. The van der Waals surface area contributed by atoms with Crippen LogP contribution in [0.15, 0.2) is 46.2 Å². The molecule has 1 atom stereocenters. The van der Waals surface area contributed by atoms with Crippen molar-refractivity contribution in [1.82, 2.24) is 9.62 Å². The van der Waals surface area contributed by atoms with Crippen molar-refractivity contribution in [3.05, 3.63) is 59.2 Å². The highest BCUT2D eigenvalue weighted by atomic mass is 32.2. The van der Waals surface area contributed by atoms with E-state index in [9.17, 15) is 22.0 Å². The molecule has 2 heterocycles. The Bertz CT molecular complexity index is 1070. The third kappa shape index (κ3) is 4.24. The quantitative estimate of drug-likeness (QED) is 0.758. The molecule has 0 bridgehead atoms. The molecule has 2 aromatic rings. The smallest absolute Gasteiger partial charge is 0.251 e. The van der Waals surface area contributed by atoms with E-state index < -0.39 is 32.7 Å². The minimum Gasteiger partial charge on any atom is -0.345 e. The molecule has 0 spiro atoms. The second kappa shape index (κ2) is 8.64. The number of amides is 1. The van der Waals surface area contributed by atoms with E-state index in [1.165, 1.54) is 22.5 Å². The average Bonchev–Trinajstić information content (AvgIpc) is 2.75. The number of sulfonamides is 1. The van der Waals surface area contributed by atoms with E-state index >= 15 is 0 Å². The molecule has 4 rings (SSSR count). The van der Waals surface area contributed by atoms with Crippen LogP contribution in [0.4, 0.5) is 8.78 Å². The number of piperidine rings is 1. The van der Waals surface area contributed by atoms with Crippen LogP contribution < -0.4 is 5.32 Å². The summed E-state index contributed by atoms with van der Waals surface area (Å²) in [5.74, 6) is -1.01. The Hall–Kier alpha value is -1.97. The summed E-state index contributed by atoms with van der Waals surface area (Å²) in [6, 6.07) is 7.46. The first-order valence-electron chi connectivity index (χ1n) is 9.89. The molecule has 2 aliphatic heterocycles. The van der Waals surface area contributed by atoms with Crippen LogP contribution in [0.25, 0.3) is 0 Å². The third-order valence-corrected chi connectivity index (χ3v) is 8.48. The second-order valence-corrected chi connectivity index (χ2v) is 10.5. The first-order chi connectivity index (χ1) is 14.4. The van der Waals surface area contributed by atoms with E-state index in [4.69, 9.17) is 0 Å². The van der Waals surface area contributed by atoms with Crippen molar-refractivity contribution in [2.75, 3.05) is 18.8 Å². The Labute approximate surface area is 178 Å². The Morgan fingerprint density at radius 2 is 1.83 bits per heavy atom. The monoisotopic (exact) mass is 452 g/mol. The normalized spacial score (nSPS) is 19.9. The van der Waals surface area contributed by atoms with Gasteiger partial charge in [0.25, 0.3) is 5.91 Å². The molecule has 5 nitrogen and oxygen atoms in total. The van der Waals surface area contributed by atoms with Crippen LogP contribution in [0.2, 0.25) is 0 Å². The number of hydrogen-bond acceptors (Lipinski definition) is 4. The van der Waals surface area contributed by atoms with Crippen molar-refractivity contribution >= 4 is 27.7 Å². The molecule has 160 valence electrons. The van der Waals surface area contributed by atoms with Crippen molar-refractivity contribution in [2.24, 2.45) is 0 Å². The third-order valence-electron chi connectivity index (χ3n) is 5.44. The van der Waals surface area contributed by atoms with E-state index in [0.29, 0.717) is 25.1 Å². The Morgan fingerprint density at radius 3 is 2.60 bits per heavy atom. The van der Waals surface area contributed by atoms with Crippen LogP contribution in [-0.2, 0) is 10.0 Å². The van der Waals surface area contributed by atoms with Gasteiger partial charge in [0.2, 0.25) is 10.0 Å². The van der Waals surface area contributed by atoms with Crippen molar-refractivity contribution in [3.63, 3.8) is 0 Å². The fourth-order valence-corrected chi connectivity index (χ4v) is 6.56. The predicted octanol–water partition coefficient (Wildman–Crippen LogP) is 4.11. The zero-order valence-electron chi connectivity index (χ0n) is 16.2. The molecule has 0 unspecified atom stereocenters. The highest BCUT2D eigenvalue weighted by Gasteiger charge is 2.30. The second-order valence-electron chi connectivity index (χ2n) is 7.46. The highest BCUT2D eigenvalue weighted by Crippen LogP contribution is 2.36. The number of carbonyl (C=O) groups excluding carboxylic acids is 1. The van der Waals surface area contributed by atoms with Crippen molar-refractivity contribution in [2.45, 2.75) is 41.5 Å². The number of rotatable bonds is 4. The topological polar surface area (TPSA) is 66.5 Å². The number of halogens is 2. The number of carbonyl (C=O) groups is 1. The number of hydrogen-bond donors (Lipinski definition) is 1. The summed E-state index contributed by atoms with van der Waals surface area (Å²) in [7, 11) is -4.01. The van der Waals surface area contributed by atoms with E-state index in [1.807, 2.05) is 0 Å². The van der Waals surface area contributed by atoms with Gasteiger partial charge in [-0.25, -0.2) is 17.2 Å². The number of benzene rings is 2. The molecule has 1 amide bonds. The number of nitrogens with zero attached hydrogens (tertiary/aromatic N) is 1. The summed E-state index contributed by atoms with van der Waals surface area (Å²) in [5.41, 5.74) is 0.756. The molecule has 1 fully saturated rings. The fraction of sp³-hybridized carbons (Fsp3) is 0.381. The minimum atomic E-state index is -4.01. The molecule has 1 saturated heterocycles. The van der Waals surface area contributed by atoms with E-state index in [0.717, 1.165) is 42.0 Å². The van der Waals surface area contributed by atoms with Gasteiger partial charge >= 0.3 is 0 Å². The zero-order valence-corrected chi connectivity index (χ0v) is 17.9. The number of fused-ring (bicyclic) bond motifs is 1. The molecular formula is C21H22F2N2O3S2. The van der Waals surface area contributed by atoms with Gasteiger partial charge in [0.1, 0.15) is 16.5 Å². The molecule has 0 aromatic heterocycles. The van der Waals surface area contributed by atoms with E-state index in [1.54, 1.807) is 17.8 Å². The Morgan fingerprint density at radius 1 is 1.07 bits per heavy atom. The number of nitrogens with one attached hydrogen (secondary N) is 1. The van der Waals surface area contributed by atoms with E-state index in [-0.39, 0.29) is 11.4 Å². The van der Waals surface area contributed by atoms with Gasteiger partial charge in [0.15, 0.2) is 0 Å². The lowest BCUT2D eigenvalue weighted by atomic mass is 10.0. The lowest BCUT2D eigenvalue weighted by molar-refractivity contribution is 0.0934. The van der Waals surface area contributed by atoms with Gasteiger partial charge in [-0.2, -0.15) is 4.31 Å².